The van der Waals surface area contributed by atoms with Gasteiger partial charge in [-0.25, -0.2) is 4.98 Å². The molecule has 0 aliphatic heterocycles. The fraction of sp³-hybridized carbons (Fsp3) is 0.357. The zero-order valence-corrected chi connectivity index (χ0v) is 12.3. The van der Waals surface area contributed by atoms with Gasteiger partial charge >= 0.3 is 0 Å². The molecule has 4 heteroatoms. The third-order valence-corrected chi connectivity index (χ3v) is 3.67. The predicted molar refractivity (Wildman–Crippen MR) is 77.5 cm³/mol. The Balaban J connectivity index is 2.04. The van der Waals surface area contributed by atoms with Crippen LogP contribution in [0.4, 0.5) is 0 Å². The summed E-state index contributed by atoms with van der Waals surface area (Å²) in [4.78, 5) is 4.36. The Bertz CT molecular complexity index is 507. The van der Waals surface area contributed by atoms with Crippen molar-refractivity contribution in [3.05, 3.63) is 52.5 Å². The van der Waals surface area contributed by atoms with E-state index < -0.39 is 0 Å². The Kier molecular flexibility index (Phi) is 4.55. The molecule has 1 atom stereocenters. The van der Waals surface area contributed by atoms with Crippen LogP contribution >= 0.6 is 15.9 Å². The molecule has 0 fully saturated rings. The summed E-state index contributed by atoms with van der Waals surface area (Å²) >= 11 is 3.52. The van der Waals surface area contributed by atoms with Gasteiger partial charge < -0.3 is 9.88 Å². The minimum absolute atomic E-state index is 0.360. The first-order valence-electron chi connectivity index (χ1n) is 6.09. The first-order valence-corrected chi connectivity index (χ1v) is 6.89. The maximum Gasteiger partial charge on any atom is 0.108 e. The minimum Gasteiger partial charge on any atom is -0.338 e. The molecule has 1 N–H and O–H groups in total. The van der Waals surface area contributed by atoms with Gasteiger partial charge in [-0.3, -0.25) is 0 Å². The van der Waals surface area contributed by atoms with Crippen molar-refractivity contribution in [2.45, 2.75) is 18.9 Å². The van der Waals surface area contributed by atoms with E-state index in [0.717, 1.165) is 23.1 Å². The summed E-state index contributed by atoms with van der Waals surface area (Å²) in [6.45, 7) is 0. The Hall–Kier alpha value is -1.13. The van der Waals surface area contributed by atoms with Crippen LogP contribution in [-0.2, 0) is 13.5 Å². The van der Waals surface area contributed by atoms with Crippen LogP contribution in [0, 0.1) is 0 Å². The molecular weight excluding hydrogens is 290 g/mol. The van der Waals surface area contributed by atoms with E-state index in [-0.39, 0.29) is 0 Å². The van der Waals surface area contributed by atoms with E-state index in [1.54, 1.807) is 0 Å². The van der Waals surface area contributed by atoms with Crippen LogP contribution < -0.4 is 5.32 Å². The van der Waals surface area contributed by atoms with Crippen molar-refractivity contribution < 1.29 is 0 Å². The SMILES string of the molecule is CNC(CCc1nccn1C)c1cccc(Br)c1. The molecule has 3 nitrogen and oxygen atoms in total. The van der Waals surface area contributed by atoms with Gasteiger partial charge in [0.05, 0.1) is 0 Å². The molecule has 0 aliphatic rings. The second kappa shape index (κ2) is 6.16. The molecule has 0 radical (unpaired) electrons. The molecule has 0 saturated carbocycles. The number of nitrogens with one attached hydrogen (secondary N) is 1. The van der Waals surface area contributed by atoms with Crippen molar-refractivity contribution in [1.29, 1.82) is 0 Å². The zero-order chi connectivity index (χ0) is 13.0. The molecule has 0 amide bonds. The Labute approximate surface area is 116 Å². The van der Waals surface area contributed by atoms with Gasteiger partial charge in [-0.1, -0.05) is 28.1 Å². The number of aromatic nitrogens is 2. The second-order valence-electron chi connectivity index (χ2n) is 4.39. The highest BCUT2D eigenvalue weighted by Crippen LogP contribution is 2.21. The number of halogens is 1. The van der Waals surface area contributed by atoms with Crippen LogP contribution in [0.5, 0.6) is 0 Å². The van der Waals surface area contributed by atoms with Gasteiger partial charge in [-0.2, -0.15) is 0 Å². The number of hydrogen-bond acceptors (Lipinski definition) is 2. The third kappa shape index (κ3) is 3.21. The number of aryl methyl sites for hydroxylation is 2. The molecule has 1 aromatic carbocycles. The molecule has 18 heavy (non-hydrogen) atoms. The van der Waals surface area contributed by atoms with Gasteiger partial charge in [0, 0.05) is 36.4 Å². The number of hydrogen-bond donors (Lipinski definition) is 1. The first kappa shape index (κ1) is 13.3. The Morgan fingerprint density at radius 3 is 2.89 bits per heavy atom. The normalized spacial score (nSPS) is 12.6. The monoisotopic (exact) mass is 307 g/mol. The maximum absolute atomic E-state index is 4.36. The van der Waals surface area contributed by atoms with Crippen molar-refractivity contribution in [3.8, 4) is 0 Å². The van der Waals surface area contributed by atoms with Crippen molar-refractivity contribution in [3.63, 3.8) is 0 Å². The van der Waals surface area contributed by atoms with Crippen LogP contribution in [0.2, 0.25) is 0 Å². The highest BCUT2D eigenvalue weighted by Gasteiger charge is 2.10. The van der Waals surface area contributed by atoms with Gasteiger partial charge in [0.2, 0.25) is 0 Å². The van der Waals surface area contributed by atoms with E-state index in [2.05, 4.69) is 55.1 Å². The summed E-state index contributed by atoms with van der Waals surface area (Å²) in [6, 6.07) is 8.81. The van der Waals surface area contributed by atoms with E-state index >= 15 is 0 Å². The lowest BCUT2D eigenvalue weighted by Crippen LogP contribution is -2.17. The van der Waals surface area contributed by atoms with E-state index in [4.69, 9.17) is 0 Å². The summed E-state index contributed by atoms with van der Waals surface area (Å²) in [6.07, 6.45) is 5.85. The highest BCUT2D eigenvalue weighted by molar-refractivity contribution is 9.10. The van der Waals surface area contributed by atoms with E-state index in [9.17, 15) is 0 Å². The highest BCUT2D eigenvalue weighted by atomic mass is 79.9. The molecule has 1 heterocycles. The topological polar surface area (TPSA) is 29.9 Å². The lowest BCUT2D eigenvalue weighted by molar-refractivity contribution is 0.536. The number of benzene rings is 1. The largest absolute Gasteiger partial charge is 0.338 e. The van der Waals surface area contributed by atoms with Crippen LogP contribution in [-0.4, -0.2) is 16.6 Å². The molecular formula is C14H18BrN3. The van der Waals surface area contributed by atoms with Crippen molar-refractivity contribution in [2.75, 3.05) is 7.05 Å². The maximum atomic E-state index is 4.36. The van der Waals surface area contributed by atoms with Gasteiger partial charge in [0.15, 0.2) is 0 Å². The summed E-state index contributed by atoms with van der Waals surface area (Å²) in [5.74, 6) is 1.13. The van der Waals surface area contributed by atoms with E-state index in [1.807, 2.05) is 26.5 Å². The molecule has 2 aromatic rings. The third-order valence-electron chi connectivity index (χ3n) is 3.18. The fourth-order valence-electron chi connectivity index (χ4n) is 2.11. The van der Waals surface area contributed by atoms with Gasteiger partial charge in [0.25, 0.3) is 0 Å². The van der Waals surface area contributed by atoms with Crippen LogP contribution in [0.25, 0.3) is 0 Å². The summed E-state index contributed by atoms with van der Waals surface area (Å²) in [5, 5.41) is 3.37. The lowest BCUT2D eigenvalue weighted by atomic mass is 10.0. The molecule has 0 aliphatic carbocycles. The minimum atomic E-state index is 0.360. The molecule has 0 saturated heterocycles. The second-order valence-corrected chi connectivity index (χ2v) is 5.30. The predicted octanol–water partition coefficient (Wildman–Crippen LogP) is 3.08. The average molecular weight is 308 g/mol. The van der Waals surface area contributed by atoms with Gasteiger partial charge in [-0.15, -0.1) is 0 Å². The van der Waals surface area contributed by atoms with Crippen LogP contribution in [0.1, 0.15) is 23.9 Å². The first-order chi connectivity index (χ1) is 8.70. The standard InChI is InChI=1S/C14H18BrN3/c1-16-13(11-4-3-5-12(15)10-11)6-7-14-17-8-9-18(14)2/h3-5,8-10,13,16H,6-7H2,1-2H3. The molecule has 1 unspecified atom stereocenters. The summed E-state index contributed by atoms with van der Waals surface area (Å²) in [7, 11) is 4.04. The number of nitrogens with zero attached hydrogens (tertiary/aromatic N) is 2. The van der Waals surface area contributed by atoms with Crippen molar-refractivity contribution in [2.24, 2.45) is 7.05 Å². The number of rotatable bonds is 5. The van der Waals surface area contributed by atoms with Crippen molar-refractivity contribution in [1.82, 2.24) is 14.9 Å². The molecule has 1 aromatic heterocycles. The lowest BCUT2D eigenvalue weighted by Gasteiger charge is -2.16. The van der Waals surface area contributed by atoms with Crippen LogP contribution in [0.3, 0.4) is 0 Å². The van der Waals surface area contributed by atoms with Crippen LogP contribution in [0.15, 0.2) is 41.1 Å². The van der Waals surface area contributed by atoms with E-state index in [0.29, 0.717) is 6.04 Å². The fourth-order valence-corrected chi connectivity index (χ4v) is 2.53. The number of imidazole rings is 1. The molecule has 96 valence electrons. The average Bonchev–Trinajstić information content (AvgIpc) is 2.76. The molecule has 2 rings (SSSR count). The van der Waals surface area contributed by atoms with Crippen molar-refractivity contribution >= 4 is 15.9 Å². The molecule has 0 bridgehead atoms. The molecule has 0 spiro atoms. The quantitative estimate of drug-likeness (QED) is 0.920. The van der Waals surface area contributed by atoms with Gasteiger partial charge in [0.1, 0.15) is 5.82 Å². The summed E-state index contributed by atoms with van der Waals surface area (Å²) < 4.78 is 3.20. The van der Waals surface area contributed by atoms with Gasteiger partial charge in [-0.05, 0) is 31.2 Å². The summed E-state index contributed by atoms with van der Waals surface area (Å²) in [5.41, 5.74) is 1.31. The zero-order valence-electron chi connectivity index (χ0n) is 10.7. The Morgan fingerprint density at radius 1 is 1.44 bits per heavy atom. The van der Waals surface area contributed by atoms with E-state index in [1.165, 1.54) is 5.56 Å². The Morgan fingerprint density at radius 2 is 2.28 bits per heavy atom. The smallest absolute Gasteiger partial charge is 0.108 e.